The van der Waals surface area contributed by atoms with Crippen molar-refractivity contribution in [2.24, 2.45) is 7.05 Å². The number of Topliss-reactive ketones (excluding diaryl/α,β-unsaturated/α-hetero) is 1. The molecule has 1 aliphatic rings. The Kier molecular flexibility index (Phi) is 4.15. The zero-order valence-electron chi connectivity index (χ0n) is 14.1. The number of ether oxygens (including phenoxy) is 2. The molecule has 0 N–H and O–H groups in total. The molecule has 0 saturated heterocycles. The zero-order chi connectivity index (χ0) is 18.1. The van der Waals surface area contributed by atoms with Crippen molar-refractivity contribution >= 4 is 11.6 Å². The molecule has 0 radical (unpaired) electrons. The third kappa shape index (κ3) is 2.70. The Bertz CT molecular complexity index is 943. The van der Waals surface area contributed by atoms with Crippen LogP contribution in [-0.4, -0.2) is 23.2 Å². The van der Waals surface area contributed by atoms with Gasteiger partial charge in [0.25, 0.3) is 0 Å². The van der Waals surface area contributed by atoms with E-state index in [0.29, 0.717) is 28.1 Å². The Labute approximate surface area is 144 Å². The van der Waals surface area contributed by atoms with Crippen LogP contribution in [0.3, 0.4) is 0 Å². The smallest absolute Gasteiger partial charge is 0.244 e. The number of ketones is 2. The van der Waals surface area contributed by atoms with Crippen molar-refractivity contribution in [1.29, 1.82) is 5.26 Å². The van der Waals surface area contributed by atoms with Crippen LogP contribution in [0, 0.1) is 18.3 Å². The van der Waals surface area contributed by atoms with Gasteiger partial charge in [0.15, 0.2) is 11.5 Å². The maximum absolute atomic E-state index is 12.5. The van der Waals surface area contributed by atoms with Gasteiger partial charge in [-0.2, -0.15) is 5.26 Å². The standard InChI is InChI=1S/C19H16N2O4/c1-11-14(10-25-13-6-4-12(9-20)5-7-13)17-15(22)8-16(24-3)19(23)18(17)21(11)2/h4-8H,10H2,1-3H3. The summed E-state index contributed by atoms with van der Waals surface area (Å²) >= 11 is 0. The lowest BCUT2D eigenvalue weighted by Gasteiger charge is -2.13. The van der Waals surface area contributed by atoms with Gasteiger partial charge in [-0.1, -0.05) is 0 Å². The van der Waals surface area contributed by atoms with Crippen LogP contribution in [0.1, 0.15) is 37.7 Å². The summed E-state index contributed by atoms with van der Waals surface area (Å²) in [6.07, 6.45) is 1.22. The lowest BCUT2D eigenvalue weighted by molar-refractivity contribution is 0.0909. The first-order chi connectivity index (χ1) is 12.0. The molecule has 1 aliphatic carbocycles. The number of hydrogen-bond donors (Lipinski definition) is 0. The highest BCUT2D eigenvalue weighted by Crippen LogP contribution is 2.30. The van der Waals surface area contributed by atoms with Crippen LogP contribution in [-0.2, 0) is 18.4 Å². The number of benzene rings is 1. The highest BCUT2D eigenvalue weighted by atomic mass is 16.5. The Morgan fingerprint density at radius 2 is 1.88 bits per heavy atom. The molecule has 126 valence electrons. The summed E-state index contributed by atoms with van der Waals surface area (Å²) in [6, 6.07) is 8.74. The van der Waals surface area contributed by atoms with Gasteiger partial charge in [-0.15, -0.1) is 0 Å². The molecular formula is C19H16N2O4. The average molecular weight is 336 g/mol. The number of rotatable bonds is 4. The molecule has 1 heterocycles. The molecule has 25 heavy (non-hydrogen) atoms. The van der Waals surface area contributed by atoms with Crippen molar-refractivity contribution in [2.75, 3.05) is 7.11 Å². The third-order valence-corrected chi connectivity index (χ3v) is 4.35. The van der Waals surface area contributed by atoms with Crippen molar-refractivity contribution in [2.45, 2.75) is 13.5 Å². The summed E-state index contributed by atoms with van der Waals surface area (Å²) in [7, 11) is 3.11. The second-order valence-electron chi connectivity index (χ2n) is 5.68. The van der Waals surface area contributed by atoms with Crippen LogP contribution in [0.5, 0.6) is 5.75 Å². The van der Waals surface area contributed by atoms with E-state index >= 15 is 0 Å². The normalized spacial score (nSPS) is 13.1. The number of allylic oxidation sites excluding steroid dienone is 2. The van der Waals surface area contributed by atoms with Gasteiger partial charge < -0.3 is 14.0 Å². The second kappa shape index (κ2) is 6.29. The van der Waals surface area contributed by atoms with Gasteiger partial charge in [0.2, 0.25) is 5.78 Å². The fourth-order valence-corrected chi connectivity index (χ4v) is 2.88. The van der Waals surface area contributed by atoms with Crippen molar-refractivity contribution in [1.82, 2.24) is 4.57 Å². The van der Waals surface area contributed by atoms with Crippen LogP contribution in [0.25, 0.3) is 0 Å². The minimum atomic E-state index is -0.313. The largest absolute Gasteiger partial charge is 0.492 e. The van der Waals surface area contributed by atoms with E-state index in [1.54, 1.807) is 35.9 Å². The molecule has 0 aliphatic heterocycles. The highest BCUT2D eigenvalue weighted by Gasteiger charge is 2.34. The summed E-state index contributed by atoms with van der Waals surface area (Å²) in [5.41, 5.74) is 2.68. The third-order valence-electron chi connectivity index (χ3n) is 4.35. The number of hydrogen-bond acceptors (Lipinski definition) is 5. The fourth-order valence-electron chi connectivity index (χ4n) is 2.88. The molecule has 2 aromatic rings. The maximum Gasteiger partial charge on any atom is 0.244 e. The summed E-state index contributed by atoms with van der Waals surface area (Å²) in [5.74, 6) is 0.0391. The van der Waals surface area contributed by atoms with Crippen molar-refractivity contribution < 1.29 is 19.1 Å². The second-order valence-corrected chi connectivity index (χ2v) is 5.68. The number of fused-ring (bicyclic) bond motifs is 1. The van der Waals surface area contributed by atoms with Gasteiger partial charge in [-0.3, -0.25) is 9.59 Å². The van der Waals surface area contributed by atoms with Crippen LogP contribution in [0.15, 0.2) is 36.1 Å². The Hall–Kier alpha value is -3.33. The first kappa shape index (κ1) is 16.5. The van der Waals surface area contributed by atoms with Gasteiger partial charge in [-0.05, 0) is 31.2 Å². The maximum atomic E-state index is 12.5. The predicted molar refractivity (Wildman–Crippen MR) is 89.4 cm³/mol. The average Bonchev–Trinajstić information content (AvgIpc) is 2.88. The Morgan fingerprint density at radius 3 is 2.48 bits per heavy atom. The molecule has 0 amide bonds. The van der Waals surface area contributed by atoms with Crippen LogP contribution in [0.4, 0.5) is 0 Å². The van der Waals surface area contributed by atoms with E-state index in [9.17, 15) is 9.59 Å². The number of nitrogens with zero attached hydrogens (tertiary/aromatic N) is 2. The van der Waals surface area contributed by atoms with E-state index in [4.69, 9.17) is 14.7 Å². The van der Waals surface area contributed by atoms with Crippen LogP contribution < -0.4 is 4.74 Å². The Morgan fingerprint density at radius 1 is 1.20 bits per heavy atom. The first-order valence-electron chi connectivity index (χ1n) is 7.63. The fraction of sp³-hybridized carbons (Fsp3) is 0.211. The van der Waals surface area contributed by atoms with E-state index in [2.05, 4.69) is 0 Å². The number of aromatic nitrogens is 1. The lowest BCUT2D eigenvalue weighted by atomic mass is 9.96. The molecule has 1 aromatic carbocycles. The molecular weight excluding hydrogens is 320 g/mol. The predicted octanol–water partition coefficient (Wildman–Crippen LogP) is 2.69. The molecule has 6 nitrogen and oxygen atoms in total. The monoisotopic (exact) mass is 336 g/mol. The molecule has 3 rings (SSSR count). The van der Waals surface area contributed by atoms with Gasteiger partial charge in [0, 0.05) is 24.4 Å². The van der Waals surface area contributed by atoms with Gasteiger partial charge >= 0.3 is 0 Å². The molecule has 0 spiro atoms. The van der Waals surface area contributed by atoms with Gasteiger partial charge in [0.1, 0.15) is 18.1 Å². The Balaban J connectivity index is 1.94. The van der Waals surface area contributed by atoms with Crippen LogP contribution in [0.2, 0.25) is 0 Å². The molecule has 0 atom stereocenters. The summed E-state index contributed by atoms with van der Waals surface area (Å²) in [5, 5.41) is 8.83. The molecule has 0 unspecified atom stereocenters. The van der Waals surface area contributed by atoms with E-state index in [1.165, 1.54) is 13.2 Å². The van der Waals surface area contributed by atoms with Crippen molar-refractivity contribution in [3.8, 4) is 11.8 Å². The van der Waals surface area contributed by atoms with E-state index in [0.717, 1.165) is 5.69 Å². The summed E-state index contributed by atoms with van der Waals surface area (Å²) in [4.78, 5) is 25.0. The number of methoxy groups -OCH3 is 1. The van der Waals surface area contributed by atoms with Gasteiger partial charge in [-0.25, -0.2) is 0 Å². The minimum absolute atomic E-state index is 0.0395. The lowest BCUT2D eigenvalue weighted by Crippen LogP contribution is -2.20. The van der Waals surface area contributed by atoms with Crippen LogP contribution >= 0.6 is 0 Å². The molecule has 0 saturated carbocycles. The van der Waals surface area contributed by atoms with Gasteiger partial charge in [0.05, 0.1) is 24.3 Å². The van der Waals surface area contributed by atoms with Crippen molar-refractivity contribution in [3.63, 3.8) is 0 Å². The van der Waals surface area contributed by atoms with Crippen molar-refractivity contribution in [3.05, 3.63) is 64.2 Å². The summed E-state index contributed by atoms with van der Waals surface area (Å²) in [6.45, 7) is 1.99. The molecule has 0 bridgehead atoms. The number of nitriles is 1. The van der Waals surface area contributed by atoms with E-state index < -0.39 is 0 Å². The number of carbonyl (C=O) groups is 2. The zero-order valence-corrected chi connectivity index (χ0v) is 14.1. The topological polar surface area (TPSA) is 81.3 Å². The van der Waals surface area contributed by atoms with E-state index in [1.807, 2.05) is 13.0 Å². The quantitative estimate of drug-likeness (QED) is 0.857. The molecule has 6 heteroatoms. The SMILES string of the molecule is COC1=CC(=O)c2c(COc3ccc(C#N)cc3)c(C)n(C)c2C1=O. The first-order valence-corrected chi connectivity index (χ1v) is 7.63. The van der Waals surface area contributed by atoms with E-state index in [-0.39, 0.29) is 23.9 Å². The molecule has 1 aromatic heterocycles. The summed E-state index contributed by atoms with van der Waals surface area (Å²) < 4.78 is 12.4. The highest BCUT2D eigenvalue weighted by molar-refractivity contribution is 6.24. The molecule has 0 fully saturated rings. The minimum Gasteiger partial charge on any atom is -0.492 e. The number of carbonyl (C=O) groups excluding carboxylic acids is 2.